The Morgan fingerprint density at radius 2 is 1.67 bits per heavy atom. The third-order valence-electron chi connectivity index (χ3n) is 3.74. The number of nitrogens with one attached hydrogen (secondary N) is 1. The molecule has 3 heteroatoms. The van der Waals surface area contributed by atoms with Crippen molar-refractivity contribution < 1.29 is 4.39 Å². The Morgan fingerprint density at radius 3 is 2.19 bits per heavy atom. The van der Waals surface area contributed by atoms with Gasteiger partial charge in [-0.15, -0.1) is 0 Å². The van der Waals surface area contributed by atoms with Crippen molar-refractivity contribution in [1.82, 2.24) is 5.32 Å². The van der Waals surface area contributed by atoms with Gasteiger partial charge < -0.3 is 5.32 Å². The van der Waals surface area contributed by atoms with Gasteiger partial charge in [0.05, 0.1) is 6.04 Å². The molecule has 0 aliphatic rings. The molecule has 112 valence electrons. The van der Waals surface area contributed by atoms with Crippen LogP contribution in [0.25, 0.3) is 0 Å². The number of rotatable bonds is 4. The maximum absolute atomic E-state index is 13.9. The average molecular weight is 350 g/mol. The summed E-state index contributed by atoms with van der Waals surface area (Å²) < 4.78 is 14.9. The first kappa shape index (κ1) is 16.2. The predicted molar refractivity (Wildman–Crippen MR) is 90.3 cm³/mol. The van der Waals surface area contributed by atoms with Crippen molar-refractivity contribution in [2.24, 2.45) is 0 Å². The van der Waals surface area contributed by atoms with E-state index in [1.54, 1.807) is 0 Å². The van der Waals surface area contributed by atoms with Crippen molar-refractivity contribution in [3.63, 3.8) is 0 Å². The molecule has 0 fully saturated rings. The molecule has 2 aromatic rings. The monoisotopic (exact) mass is 349 g/mol. The zero-order chi connectivity index (χ0) is 15.6. The van der Waals surface area contributed by atoms with Crippen LogP contribution in [0, 0.1) is 26.6 Å². The largest absolute Gasteiger partial charge is 0.307 e. The van der Waals surface area contributed by atoms with Crippen LogP contribution in [0.3, 0.4) is 0 Å². The topological polar surface area (TPSA) is 12.0 Å². The molecule has 0 heterocycles. The Kier molecular flexibility index (Phi) is 5.17. The van der Waals surface area contributed by atoms with Crippen LogP contribution in [0.5, 0.6) is 0 Å². The van der Waals surface area contributed by atoms with E-state index >= 15 is 0 Å². The highest BCUT2D eigenvalue weighted by Crippen LogP contribution is 2.29. The molecule has 0 aromatic heterocycles. The lowest BCUT2D eigenvalue weighted by molar-refractivity contribution is 0.598. The van der Waals surface area contributed by atoms with Gasteiger partial charge in [0.1, 0.15) is 5.82 Å². The fourth-order valence-electron chi connectivity index (χ4n) is 2.72. The van der Waals surface area contributed by atoms with Gasteiger partial charge in [-0.05, 0) is 67.3 Å². The van der Waals surface area contributed by atoms with Gasteiger partial charge in [0.15, 0.2) is 0 Å². The van der Waals surface area contributed by atoms with Crippen molar-refractivity contribution >= 4 is 15.9 Å². The minimum atomic E-state index is -0.110. The van der Waals surface area contributed by atoms with E-state index in [1.807, 2.05) is 26.0 Å². The van der Waals surface area contributed by atoms with E-state index in [4.69, 9.17) is 0 Å². The summed E-state index contributed by atoms with van der Waals surface area (Å²) in [6, 6.07) is 10.3. The van der Waals surface area contributed by atoms with Crippen LogP contribution in [0.15, 0.2) is 34.8 Å². The first-order chi connectivity index (χ1) is 9.93. The third-order valence-corrected chi connectivity index (χ3v) is 4.24. The van der Waals surface area contributed by atoms with E-state index in [2.05, 4.69) is 53.3 Å². The zero-order valence-electron chi connectivity index (χ0n) is 12.9. The van der Waals surface area contributed by atoms with E-state index in [0.717, 1.165) is 16.6 Å². The molecule has 0 bridgehead atoms. The first-order valence-corrected chi connectivity index (χ1v) is 7.99. The lowest BCUT2D eigenvalue weighted by atomic mass is 9.92. The second kappa shape index (κ2) is 6.71. The van der Waals surface area contributed by atoms with Gasteiger partial charge in [0.25, 0.3) is 0 Å². The van der Waals surface area contributed by atoms with Gasteiger partial charge in [0.2, 0.25) is 0 Å². The van der Waals surface area contributed by atoms with Gasteiger partial charge in [-0.25, -0.2) is 4.39 Å². The lowest BCUT2D eigenvalue weighted by Crippen LogP contribution is -2.23. The Balaban J connectivity index is 2.53. The number of aryl methyl sites for hydroxylation is 3. The number of benzene rings is 2. The molecular formula is C18H21BrFN. The quantitative estimate of drug-likeness (QED) is 0.798. The van der Waals surface area contributed by atoms with Crippen LogP contribution in [0.4, 0.5) is 4.39 Å². The first-order valence-electron chi connectivity index (χ1n) is 7.20. The molecule has 0 radical (unpaired) electrons. The summed E-state index contributed by atoms with van der Waals surface area (Å²) >= 11 is 3.50. The smallest absolute Gasteiger partial charge is 0.129 e. The van der Waals surface area contributed by atoms with Crippen LogP contribution in [0.1, 0.15) is 40.8 Å². The second-order valence-corrected chi connectivity index (χ2v) is 6.38. The normalized spacial score (nSPS) is 12.5. The van der Waals surface area contributed by atoms with Gasteiger partial charge in [-0.1, -0.05) is 41.1 Å². The summed E-state index contributed by atoms with van der Waals surface area (Å²) in [5.41, 5.74) is 4.95. The van der Waals surface area contributed by atoms with E-state index in [9.17, 15) is 4.39 Å². The van der Waals surface area contributed by atoms with Crippen LogP contribution in [-0.2, 0) is 0 Å². The molecule has 2 rings (SSSR count). The fourth-order valence-corrected chi connectivity index (χ4v) is 3.20. The molecule has 0 amide bonds. The number of halogens is 2. The van der Waals surface area contributed by atoms with Crippen LogP contribution < -0.4 is 5.32 Å². The summed E-state index contributed by atoms with van der Waals surface area (Å²) in [6.07, 6.45) is 0. The molecule has 1 atom stereocenters. The van der Waals surface area contributed by atoms with E-state index in [-0.39, 0.29) is 11.9 Å². The summed E-state index contributed by atoms with van der Waals surface area (Å²) in [5, 5.41) is 3.51. The molecule has 2 aromatic carbocycles. The number of hydrogen-bond acceptors (Lipinski definition) is 1. The molecule has 1 N–H and O–H groups in total. The summed E-state index contributed by atoms with van der Waals surface area (Å²) in [5.74, 6) is -0.110. The SMILES string of the molecule is CCNC(c1cc(C)c(F)c(C)c1)c1ccc(Br)cc1C. The molecule has 0 saturated heterocycles. The summed E-state index contributed by atoms with van der Waals surface area (Å²) in [4.78, 5) is 0. The molecular weight excluding hydrogens is 329 g/mol. The van der Waals surface area contributed by atoms with Crippen LogP contribution >= 0.6 is 15.9 Å². The van der Waals surface area contributed by atoms with E-state index < -0.39 is 0 Å². The maximum Gasteiger partial charge on any atom is 0.129 e. The van der Waals surface area contributed by atoms with Gasteiger partial charge >= 0.3 is 0 Å². The molecule has 1 nitrogen and oxygen atoms in total. The van der Waals surface area contributed by atoms with Crippen molar-refractivity contribution in [2.45, 2.75) is 33.7 Å². The molecule has 0 spiro atoms. The van der Waals surface area contributed by atoms with Gasteiger partial charge in [0, 0.05) is 4.47 Å². The standard InChI is InChI=1S/C18H21BrFN/c1-5-21-18(16-7-6-15(19)10-11(16)2)14-8-12(3)17(20)13(4)9-14/h6-10,18,21H,5H2,1-4H3. The van der Waals surface area contributed by atoms with Crippen molar-refractivity contribution in [2.75, 3.05) is 6.54 Å². The molecule has 21 heavy (non-hydrogen) atoms. The minimum Gasteiger partial charge on any atom is -0.307 e. The fraction of sp³-hybridized carbons (Fsp3) is 0.333. The van der Waals surface area contributed by atoms with E-state index in [0.29, 0.717) is 11.1 Å². The lowest BCUT2D eigenvalue weighted by Gasteiger charge is -2.22. The highest BCUT2D eigenvalue weighted by Gasteiger charge is 2.17. The Morgan fingerprint density at radius 1 is 1.05 bits per heavy atom. The number of hydrogen-bond donors (Lipinski definition) is 1. The third kappa shape index (κ3) is 3.53. The molecule has 0 aliphatic heterocycles. The van der Waals surface area contributed by atoms with Crippen LogP contribution in [-0.4, -0.2) is 6.54 Å². The molecule has 0 aliphatic carbocycles. The second-order valence-electron chi connectivity index (χ2n) is 5.46. The van der Waals surface area contributed by atoms with Crippen molar-refractivity contribution in [3.05, 3.63) is 68.4 Å². The average Bonchev–Trinajstić information content (AvgIpc) is 2.42. The summed E-state index contributed by atoms with van der Waals surface area (Å²) in [6.45, 7) is 8.69. The van der Waals surface area contributed by atoms with Gasteiger partial charge in [-0.2, -0.15) is 0 Å². The van der Waals surface area contributed by atoms with Gasteiger partial charge in [-0.3, -0.25) is 0 Å². The zero-order valence-corrected chi connectivity index (χ0v) is 14.5. The molecule has 1 unspecified atom stereocenters. The van der Waals surface area contributed by atoms with Crippen LogP contribution in [0.2, 0.25) is 0 Å². The maximum atomic E-state index is 13.9. The Hall–Kier alpha value is -1.19. The highest BCUT2D eigenvalue weighted by molar-refractivity contribution is 9.10. The minimum absolute atomic E-state index is 0.0844. The Bertz CT molecular complexity index is 629. The molecule has 0 saturated carbocycles. The highest BCUT2D eigenvalue weighted by atomic mass is 79.9. The van der Waals surface area contributed by atoms with E-state index in [1.165, 1.54) is 11.1 Å². The van der Waals surface area contributed by atoms with Crippen molar-refractivity contribution in [1.29, 1.82) is 0 Å². The Labute approximate surface area is 134 Å². The summed E-state index contributed by atoms with van der Waals surface area (Å²) in [7, 11) is 0. The van der Waals surface area contributed by atoms with Crippen molar-refractivity contribution in [3.8, 4) is 0 Å². The predicted octanol–water partition coefficient (Wildman–Crippen LogP) is 5.21.